The van der Waals surface area contributed by atoms with E-state index in [-0.39, 0.29) is 24.8 Å². The van der Waals surface area contributed by atoms with E-state index in [9.17, 15) is 0 Å². The molecule has 1 unspecified atom stereocenters. The number of rotatable bonds is 1. The summed E-state index contributed by atoms with van der Waals surface area (Å²) in [6.07, 6.45) is 2.79. The molecule has 0 N–H and O–H groups in total. The van der Waals surface area contributed by atoms with E-state index in [0.29, 0.717) is 28.3 Å². The largest absolute Gasteiger partial charge is 0.422 e. The molecular weight excluding hydrogens is 323 g/mol. The molecule has 0 spiro atoms. The molecule has 2 aromatic heterocycles. The number of hydrogen-bond donors (Lipinski definition) is 0. The Morgan fingerprint density at radius 2 is 2.10 bits per heavy atom. The Balaban J connectivity index is 0.000000735. The second-order valence-corrected chi connectivity index (χ2v) is 5.34. The highest BCUT2D eigenvalue weighted by molar-refractivity contribution is 6.30. The maximum Gasteiger partial charge on any atom is 0.300 e. The minimum atomic E-state index is 0. The predicted octanol–water partition coefficient (Wildman–Crippen LogP) is 2.61. The van der Waals surface area contributed by atoms with E-state index < -0.39 is 0 Å². The van der Waals surface area contributed by atoms with Crippen molar-refractivity contribution < 1.29 is 4.42 Å². The van der Waals surface area contributed by atoms with Crippen LogP contribution in [-0.4, -0.2) is 47.1 Å². The molecule has 2 fully saturated rings. The maximum absolute atomic E-state index is 5.91. The molecule has 110 valence electrons. The average molecular weight is 338 g/mol. The first-order valence-corrected chi connectivity index (χ1v) is 6.58. The van der Waals surface area contributed by atoms with Crippen LogP contribution in [0, 0.1) is 0 Å². The molecule has 2 bridgehead atoms. The van der Waals surface area contributed by atoms with Gasteiger partial charge in [-0.15, -0.1) is 24.8 Å². The molecule has 2 aliphatic heterocycles. The van der Waals surface area contributed by atoms with E-state index in [0.717, 1.165) is 19.6 Å². The van der Waals surface area contributed by atoms with Crippen LogP contribution in [0.1, 0.15) is 6.42 Å². The molecule has 2 aliphatic rings. The van der Waals surface area contributed by atoms with Crippen LogP contribution >= 0.6 is 36.4 Å². The van der Waals surface area contributed by atoms with Crippen LogP contribution in [0.2, 0.25) is 5.02 Å². The zero-order valence-electron chi connectivity index (χ0n) is 10.7. The molecule has 2 aromatic rings. The van der Waals surface area contributed by atoms with Gasteiger partial charge in [-0.05, 0) is 6.42 Å². The SMILES string of the molecule is Cl.Cl.Clc1cnc2nc(N3CCN4CC[C@@H]3C4)oc2c1. The summed E-state index contributed by atoms with van der Waals surface area (Å²) in [5.74, 6) is 0. The van der Waals surface area contributed by atoms with Gasteiger partial charge >= 0.3 is 0 Å². The number of oxazole rings is 1. The molecular formula is C12H15Cl3N4O. The summed E-state index contributed by atoms with van der Waals surface area (Å²) in [5.41, 5.74) is 1.30. The van der Waals surface area contributed by atoms with Gasteiger partial charge in [0.05, 0.1) is 5.02 Å². The molecule has 20 heavy (non-hydrogen) atoms. The number of anilines is 1. The summed E-state index contributed by atoms with van der Waals surface area (Å²) in [5, 5.41) is 0.580. The average Bonchev–Trinajstić information content (AvgIpc) is 2.94. The van der Waals surface area contributed by atoms with Gasteiger partial charge in [-0.25, -0.2) is 4.98 Å². The first-order valence-electron chi connectivity index (χ1n) is 6.21. The van der Waals surface area contributed by atoms with Crippen molar-refractivity contribution in [2.24, 2.45) is 0 Å². The van der Waals surface area contributed by atoms with Gasteiger partial charge in [0, 0.05) is 44.5 Å². The summed E-state index contributed by atoms with van der Waals surface area (Å²) in [6, 6.07) is 2.99. The Labute approximate surface area is 134 Å². The van der Waals surface area contributed by atoms with Gasteiger partial charge in [0.15, 0.2) is 5.58 Å². The fourth-order valence-corrected chi connectivity index (χ4v) is 3.01. The first kappa shape index (κ1) is 15.6. The minimum Gasteiger partial charge on any atom is -0.422 e. The van der Waals surface area contributed by atoms with Gasteiger partial charge in [-0.3, -0.25) is 4.90 Å². The van der Waals surface area contributed by atoms with Crippen LogP contribution in [-0.2, 0) is 0 Å². The zero-order valence-corrected chi connectivity index (χ0v) is 13.0. The number of fused-ring (bicyclic) bond motifs is 3. The van der Waals surface area contributed by atoms with Crippen LogP contribution < -0.4 is 4.90 Å². The molecule has 4 rings (SSSR count). The lowest BCUT2D eigenvalue weighted by atomic mass is 10.2. The Morgan fingerprint density at radius 3 is 2.95 bits per heavy atom. The van der Waals surface area contributed by atoms with Crippen LogP contribution in [0.5, 0.6) is 0 Å². The predicted molar refractivity (Wildman–Crippen MR) is 83.5 cm³/mol. The van der Waals surface area contributed by atoms with Gasteiger partial charge in [0.25, 0.3) is 6.01 Å². The molecule has 0 aliphatic carbocycles. The van der Waals surface area contributed by atoms with E-state index in [4.69, 9.17) is 16.0 Å². The summed E-state index contributed by atoms with van der Waals surface area (Å²) < 4.78 is 5.79. The lowest BCUT2D eigenvalue weighted by molar-refractivity contribution is 0.304. The van der Waals surface area contributed by atoms with Crippen LogP contribution in [0.25, 0.3) is 11.2 Å². The molecule has 2 saturated heterocycles. The van der Waals surface area contributed by atoms with Crippen molar-refractivity contribution in [3.63, 3.8) is 0 Å². The second-order valence-electron chi connectivity index (χ2n) is 4.91. The van der Waals surface area contributed by atoms with Crippen LogP contribution in [0.15, 0.2) is 16.7 Å². The highest BCUT2D eigenvalue weighted by Gasteiger charge is 2.34. The highest BCUT2D eigenvalue weighted by atomic mass is 35.5. The number of aromatic nitrogens is 2. The normalized spacial score (nSPS) is 24.4. The minimum absolute atomic E-state index is 0. The number of halogens is 3. The van der Waals surface area contributed by atoms with Crippen LogP contribution in [0.3, 0.4) is 0 Å². The third kappa shape index (κ3) is 2.55. The van der Waals surface area contributed by atoms with Gasteiger partial charge < -0.3 is 9.32 Å². The van der Waals surface area contributed by atoms with Crippen molar-refractivity contribution in [3.8, 4) is 0 Å². The van der Waals surface area contributed by atoms with Crippen molar-refractivity contribution in [1.82, 2.24) is 14.9 Å². The smallest absolute Gasteiger partial charge is 0.300 e. The first-order chi connectivity index (χ1) is 8.79. The molecule has 5 nitrogen and oxygen atoms in total. The molecule has 4 heterocycles. The topological polar surface area (TPSA) is 45.4 Å². The molecule has 0 aromatic carbocycles. The van der Waals surface area contributed by atoms with Gasteiger partial charge in [0.2, 0.25) is 5.65 Å². The van der Waals surface area contributed by atoms with Crippen LogP contribution in [0.4, 0.5) is 6.01 Å². The molecule has 2 atom stereocenters. The van der Waals surface area contributed by atoms with E-state index in [1.54, 1.807) is 12.3 Å². The standard InChI is InChI=1S/C12H13ClN4O.2ClH/c13-8-5-10-11(14-6-8)15-12(18-10)17-4-3-16-2-1-9(17)7-16;;/h5-6,9H,1-4,7H2;2*1H/t9-;;/m1../s1. The third-order valence-electron chi connectivity index (χ3n) is 3.79. The number of hydrogen-bond acceptors (Lipinski definition) is 5. The van der Waals surface area contributed by atoms with E-state index in [1.165, 1.54) is 13.0 Å². The van der Waals surface area contributed by atoms with E-state index in [1.807, 2.05) is 0 Å². The quantitative estimate of drug-likeness (QED) is 0.800. The molecule has 8 heteroatoms. The maximum atomic E-state index is 5.91. The Bertz CT molecular complexity index is 605. The van der Waals surface area contributed by atoms with Crippen molar-refractivity contribution >= 4 is 53.7 Å². The fourth-order valence-electron chi connectivity index (χ4n) is 2.86. The summed E-state index contributed by atoms with van der Waals surface area (Å²) in [6.45, 7) is 4.37. The van der Waals surface area contributed by atoms with Crippen molar-refractivity contribution in [3.05, 3.63) is 17.3 Å². The molecule has 0 amide bonds. The lowest BCUT2D eigenvalue weighted by Crippen LogP contribution is -2.46. The van der Waals surface area contributed by atoms with E-state index >= 15 is 0 Å². The van der Waals surface area contributed by atoms with E-state index in [2.05, 4.69) is 19.8 Å². The molecule has 0 saturated carbocycles. The van der Waals surface area contributed by atoms with Gasteiger partial charge in [-0.1, -0.05) is 11.6 Å². The zero-order chi connectivity index (χ0) is 12.1. The number of piperazine rings is 1. The number of nitrogens with zero attached hydrogens (tertiary/aromatic N) is 4. The summed E-state index contributed by atoms with van der Waals surface area (Å²) in [7, 11) is 0. The second kappa shape index (κ2) is 5.93. The highest BCUT2D eigenvalue weighted by Crippen LogP contribution is 2.29. The third-order valence-corrected chi connectivity index (χ3v) is 4.00. The Hall–Kier alpha value is -0.750. The van der Waals surface area contributed by atoms with Crippen molar-refractivity contribution in [2.75, 3.05) is 31.1 Å². The fraction of sp³-hybridized carbons (Fsp3) is 0.500. The summed E-state index contributed by atoms with van der Waals surface area (Å²) in [4.78, 5) is 13.4. The molecule has 0 radical (unpaired) electrons. The van der Waals surface area contributed by atoms with Gasteiger partial charge in [-0.2, -0.15) is 4.98 Å². The number of pyridine rings is 1. The Morgan fingerprint density at radius 1 is 1.25 bits per heavy atom. The van der Waals surface area contributed by atoms with Gasteiger partial charge in [0.1, 0.15) is 0 Å². The summed E-state index contributed by atoms with van der Waals surface area (Å²) >= 11 is 5.91. The lowest BCUT2D eigenvalue weighted by Gasteiger charge is -2.32. The van der Waals surface area contributed by atoms with Crippen molar-refractivity contribution in [2.45, 2.75) is 12.5 Å². The Kier molecular flexibility index (Phi) is 4.64. The monoisotopic (exact) mass is 336 g/mol. The van der Waals surface area contributed by atoms with Crippen molar-refractivity contribution in [1.29, 1.82) is 0 Å².